The van der Waals surface area contributed by atoms with E-state index in [9.17, 15) is 9.90 Å². The Bertz CT molecular complexity index is 499. The summed E-state index contributed by atoms with van der Waals surface area (Å²) < 4.78 is 0. The fourth-order valence-corrected chi connectivity index (χ4v) is 2.98. The highest BCUT2D eigenvalue weighted by atomic mass is 16.3. The fraction of sp³-hybridized carbons (Fsp3) is 0.533. The molecule has 2 heterocycles. The molecule has 0 aliphatic carbocycles. The average molecular weight is 260 g/mol. The summed E-state index contributed by atoms with van der Waals surface area (Å²) in [4.78, 5) is 14.3. The summed E-state index contributed by atoms with van der Waals surface area (Å²) in [6.45, 7) is 4.99. The van der Waals surface area contributed by atoms with Crippen molar-refractivity contribution in [2.75, 3.05) is 13.1 Å². The molecular formula is C15H20N2O2. The van der Waals surface area contributed by atoms with E-state index >= 15 is 0 Å². The number of nitrogens with zero attached hydrogens (tertiary/aromatic N) is 1. The topological polar surface area (TPSA) is 52.6 Å². The molecule has 0 aromatic heterocycles. The predicted molar refractivity (Wildman–Crippen MR) is 72.7 cm³/mol. The molecule has 0 spiro atoms. The van der Waals surface area contributed by atoms with Crippen LogP contribution in [0.1, 0.15) is 34.8 Å². The third kappa shape index (κ3) is 2.38. The first-order chi connectivity index (χ1) is 9.15. The number of carbonyl (C=O) groups excluding carboxylic acids is 1. The van der Waals surface area contributed by atoms with E-state index in [1.807, 2.05) is 23.1 Å². The van der Waals surface area contributed by atoms with Gasteiger partial charge in [0.2, 0.25) is 0 Å². The maximum absolute atomic E-state index is 12.4. The Labute approximate surface area is 113 Å². The number of likely N-dealkylation sites (tertiary alicyclic amines) is 1. The highest BCUT2D eigenvalue weighted by Crippen LogP contribution is 2.23. The molecule has 4 heteroatoms. The van der Waals surface area contributed by atoms with Crippen LogP contribution in [0.25, 0.3) is 0 Å². The van der Waals surface area contributed by atoms with Crippen molar-refractivity contribution in [2.45, 2.75) is 32.5 Å². The largest absolute Gasteiger partial charge is 0.393 e. The lowest BCUT2D eigenvalue weighted by atomic mass is 10.0. The second-order valence-corrected chi connectivity index (χ2v) is 5.63. The minimum absolute atomic E-state index is 0.0952. The van der Waals surface area contributed by atoms with E-state index in [1.165, 1.54) is 11.1 Å². The Balaban J connectivity index is 1.74. The van der Waals surface area contributed by atoms with Crippen LogP contribution >= 0.6 is 0 Å². The molecule has 2 N–H and O–H groups in total. The van der Waals surface area contributed by atoms with Crippen molar-refractivity contribution in [3.8, 4) is 0 Å². The fourth-order valence-electron chi connectivity index (χ4n) is 2.98. The lowest BCUT2D eigenvalue weighted by Gasteiger charge is -2.18. The van der Waals surface area contributed by atoms with E-state index in [0.29, 0.717) is 6.54 Å². The molecule has 2 atom stereocenters. The van der Waals surface area contributed by atoms with E-state index < -0.39 is 0 Å². The van der Waals surface area contributed by atoms with Crippen molar-refractivity contribution in [1.82, 2.24) is 10.2 Å². The van der Waals surface area contributed by atoms with Crippen LogP contribution < -0.4 is 5.32 Å². The molecule has 3 rings (SSSR count). The van der Waals surface area contributed by atoms with Gasteiger partial charge in [-0.05, 0) is 36.6 Å². The van der Waals surface area contributed by atoms with Gasteiger partial charge in [-0.25, -0.2) is 0 Å². The molecule has 1 saturated heterocycles. The first-order valence-electron chi connectivity index (χ1n) is 6.95. The van der Waals surface area contributed by atoms with E-state index in [0.717, 1.165) is 31.6 Å². The van der Waals surface area contributed by atoms with Gasteiger partial charge in [-0.1, -0.05) is 6.07 Å². The van der Waals surface area contributed by atoms with Gasteiger partial charge in [0.1, 0.15) is 0 Å². The molecule has 1 amide bonds. The molecule has 4 nitrogen and oxygen atoms in total. The van der Waals surface area contributed by atoms with Crippen LogP contribution in [0.5, 0.6) is 0 Å². The molecule has 1 aromatic carbocycles. The number of nitrogens with one attached hydrogen (secondary N) is 1. The lowest BCUT2D eigenvalue weighted by molar-refractivity contribution is 0.0762. The highest BCUT2D eigenvalue weighted by Gasteiger charge is 2.29. The van der Waals surface area contributed by atoms with Crippen molar-refractivity contribution >= 4 is 5.91 Å². The third-order valence-corrected chi connectivity index (χ3v) is 4.28. The lowest BCUT2D eigenvalue weighted by Crippen LogP contribution is -2.30. The Morgan fingerprint density at radius 3 is 2.95 bits per heavy atom. The zero-order valence-electron chi connectivity index (χ0n) is 11.2. The number of fused-ring (bicyclic) bond motifs is 1. The van der Waals surface area contributed by atoms with Crippen molar-refractivity contribution < 1.29 is 9.90 Å². The first-order valence-corrected chi connectivity index (χ1v) is 6.95. The first kappa shape index (κ1) is 12.6. The summed E-state index contributed by atoms with van der Waals surface area (Å²) in [7, 11) is 0. The van der Waals surface area contributed by atoms with Crippen LogP contribution in [0.3, 0.4) is 0 Å². The molecule has 1 fully saturated rings. The number of aliphatic hydroxyl groups is 1. The van der Waals surface area contributed by atoms with Gasteiger partial charge in [-0.15, -0.1) is 0 Å². The number of benzene rings is 1. The Kier molecular flexibility index (Phi) is 3.29. The van der Waals surface area contributed by atoms with Crippen molar-refractivity contribution in [1.29, 1.82) is 0 Å². The predicted octanol–water partition coefficient (Wildman–Crippen LogP) is 1.13. The van der Waals surface area contributed by atoms with Crippen LogP contribution in [0.2, 0.25) is 0 Å². The van der Waals surface area contributed by atoms with Crippen LogP contribution in [-0.2, 0) is 13.1 Å². The number of carbonyl (C=O) groups is 1. The molecular weight excluding hydrogens is 240 g/mol. The van der Waals surface area contributed by atoms with E-state index in [4.69, 9.17) is 0 Å². The molecule has 2 aliphatic heterocycles. The SMILES string of the molecule is CC(O)C1CCN(C(=O)c2ccc3c(c2)CNC3)C1. The van der Waals surface area contributed by atoms with Gasteiger partial charge in [-0.3, -0.25) is 4.79 Å². The molecule has 1 aromatic rings. The second-order valence-electron chi connectivity index (χ2n) is 5.63. The molecule has 102 valence electrons. The van der Waals surface area contributed by atoms with Gasteiger partial charge in [0.15, 0.2) is 0 Å². The quantitative estimate of drug-likeness (QED) is 0.838. The van der Waals surface area contributed by atoms with Crippen LogP contribution in [0, 0.1) is 5.92 Å². The molecule has 19 heavy (non-hydrogen) atoms. The zero-order valence-corrected chi connectivity index (χ0v) is 11.2. The van der Waals surface area contributed by atoms with Gasteiger partial charge in [0.05, 0.1) is 6.10 Å². The Morgan fingerprint density at radius 2 is 2.21 bits per heavy atom. The summed E-state index contributed by atoms with van der Waals surface area (Å²) >= 11 is 0. The molecule has 0 saturated carbocycles. The highest BCUT2D eigenvalue weighted by molar-refractivity contribution is 5.94. The Morgan fingerprint density at radius 1 is 1.42 bits per heavy atom. The van der Waals surface area contributed by atoms with Crippen LogP contribution in [-0.4, -0.2) is 35.1 Å². The minimum Gasteiger partial charge on any atom is -0.393 e. The second kappa shape index (κ2) is 4.94. The maximum atomic E-state index is 12.4. The van der Waals surface area contributed by atoms with E-state index in [1.54, 1.807) is 6.92 Å². The maximum Gasteiger partial charge on any atom is 0.253 e. The third-order valence-electron chi connectivity index (χ3n) is 4.28. The summed E-state index contributed by atoms with van der Waals surface area (Å²) in [6.07, 6.45) is 0.567. The van der Waals surface area contributed by atoms with E-state index in [2.05, 4.69) is 5.32 Å². The Hall–Kier alpha value is -1.39. The van der Waals surface area contributed by atoms with Crippen LogP contribution in [0.4, 0.5) is 0 Å². The number of amides is 1. The molecule has 0 bridgehead atoms. The minimum atomic E-state index is -0.331. The van der Waals surface area contributed by atoms with Crippen molar-refractivity contribution in [2.24, 2.45) is 5.92 Å². The van der Waals surface area contributed by atoms with Crippen molar-refractivity contribution in [3.63, 3.8) is 0 Å². The average Bonchev–Trinajstić information content (AvgIpc) is 3.06. The van der Waals surface area contributed by atoms with Gasteiger partial charge >= 0.3 is 0 Å². The van der Waals surface area contributed by atoms with Crippen LogP contribution in [0.15, 0.2) is 18.2 Å². The normalized spacial score (nSPS) is 23.5. The monoisotopic (exact) mass is 260 g/mol. The summed E-state index contributed by atoms with van der Waals surface area (Å²) in [5.41, 5.74) is 3.30. The molecule has 2 aliphatic rings. The smallest absolute Gasteiger partial charge is 0.253 e. The number of hydrogen-bond donors (Lipinski definition) is 2. The van der Waals surface area contributed by atoms with Gasteiger partial charge in [-0.2, -0.15) is 0 Å². The molecule has 0 radical (unpaired) electrons. The summed E-state index contributed by atoms with van der Waals surface area (Å²) in [6, 6.07) is 5.97. The standard InChI is InChI=1S/C15H20N2O2/c1-10(18)13-4-5-17(9-13)15(19)11-2-3-12-7-16-8-14(12)6-11/h2-3,6,10,13,16,18H,4-5,7-9H2,1H3. The summed E-state index contributed by atoms with van der Waals surface area (Å²) in [5.74, 6) is 0.317. The number of aliphatic hydroxyl groups excluding tert-OH is 1. The van der Waals surface area contributed by atoms with Gasteiger partial charge < -0.3 is 15.3 Å². The number of rotatable bonds is 2. The zero-order chi connectivity index (χ0) is 13.4. The van der Waals surface area contributed by atoms with E-state index in [-0.39, 0.29) is 17.9 Å². The van der Waals surface area contributed by atoms with Gasteiger partial charge in [0.25, 0.3) is 5.91 Å². The van der Waals surface area contributed by atoms with Gasteiger partial charge in [0, 0.05) is 37.7 Å². The van der Waals surface area contributed by atoms with Crippen molar-refractivity contribution in [3.05, 3.63) is 34.9 Å². The summed E-state index contributed by atoms with van der Waals surface area (Å²) in [5, 5.41) is 12.9. The number of hydrogen-bond acceptors (Lipinski definition) is 3. The molecule has 2 unspecified atom stereocenters.